The van der Waals surface area contributed by atoms with Crippen LogP contribution in [0.2, 0.25) is 0 Å². The van der Waals surface area contributed by atoms with Gasteiger partial charge in [-0.3, -0.25) is 4.98 Å². The minimum atomic E-state index is -2.72. The molecule has 0 bridgehead atoms. The molecule has 0 spiro atoms. The quantitative estimate of drug-likeness (QED) is 0.707. The molecule has 1 aromatic heterocycles. The first-order chi connectivity index (χ1) is 5.66. The zero-order valence-corrected chi connectivity index (χ0v) is 6.17. The summed E-state index contributed by atoms with van der Waals surface area (Å²) in [6, 6.07) is 0. The van der Waals surface area contributed by atoms with Crippen LogP contribution in [-0.4, -0.2) is 10.1 Å². The van der Waals surface area contributed by atoms with Gasteiger partial charge in [0.25, 0.3) is 6.43 Å². The van der Waals surface area contributed by atoms with Crippen LogP contribution < -0.4 is 5.73 Å². The molecule has 5 heteroatoms. The lowest BCUT2D eigenvalue weighted by Crippen LogP contribution is -2.02. The van der Waals surface area contributed by atoms with Gasteiger partial charge in [0.2, 0.25) is 0 Å². The lowest BCUT2D eigenvalue weighted by Gasteiger charge is -2.07. The van der Waals surface area contributed by atoms with E-state index in [1.807, 2.05) is 0 Å². The number of aromatic nitrogens is 1. The third-order valence-corrected chi connectivity index (χ3v) is 1.49. The fourth-order valence-electron chi connectivity index (χ4n) is 0.916. The van der Waals surface area contributed by atoms with Crippen LogP contribution in [0.15, 0.2) is 12.4 Å². The van der Waals surface area contributed by atoms with Crippen molar-refractivity contribution in [3.63, 3.8) is 0 Å². The Labute approximate surface area is 67.8 Å². The number of nitrogens with zero attached hydrogens (tertiary/aromatic N) is 1. The summed E-state index contributed by atoms with van der Waals surface area (Å²) in [5, 5.41) is 8.99. The highest BCUT2D eigenvalue weighted by atomic mass is 19.3. The number of hydrogen-bond donors (Lipinski definition) is 2. The van der Waals surface area contributed by atoms with Crippen LogP contribution in [0, 0.1) is 0 Å². The average molecular weight is 174 g/mol. The molecule has 0 fully saturated rings. The summed E-state index contributed by atoms with van der Waals surface area (Å²) in [6.45, 7) is -0.0545. The predicted octanol–water partition coefficient (Wildman–Crippen LogP) is 1.18. The van der Waals surface area contributed by atoms with Gasteiger partial charge in [-0.2, -0.15) is 0 Å². The molecule has 0 saturated carbocycles. The van der Waals surface area contributed by atoms with E-state index >= 15 is 0 Å². The third kappa shape index (κ3) is 1.50. The van der Waals surface area contributed by atoms with E-state index in [-0.39, 0.29) is 12.1 Å². The molecule has 0 atom stereocenters. The fourth-order valence-corrected chi connectivity index (χ4v) is 0.916. The van der Waals surface area contributed by atoms with E-state index in [1.165, 1.54) is 6.20 Å². The number of rotatable bonds is 2. The van der Waals surface area contributed by atoms with Gasteiger partial charge in [0, 0.05) is 12.7 Å². The molecule has 0 aliphatic rings. The van der Waals surface area contributed by atoms with E-state index in [1.54, 1.807) is 0 Å². The van der Waals surface area contributed by atoms with Gasteiger partial charge in [-0.1, -0.05) is 0 Å². The fraction of sp³-hybridized carbons (Fsp3) is 0.286. The molecule has 0 amide bonds. The maximum absolute atomic E-state index is 12.2. The van der Waals surface area contributed by atoms with E-state index in [0.717, 1.165) is 6.20 Å². The highest BCUT2D eigenvalue weighted by Crippen LogP contribution is 2.29. The standard InChI is InChI=1S/C7H8F2N2O/c8-7(9)6-4(1-10)2-11-3-5(6)12/h2-3,7,12H,1,10H2. The van der Waals surface area contributed by atoms with Crippen molar-refractivity contribution in [1.29, 1.82) is 0 Å². The molecular formula is C7H8F2N2O. The molecule has 0 aliphatic carbocycles. The molecule has 12 heavy (non-hydrogen) atoms. The Bertz CT molecular complexity index is 278. The van der Waals surface area contributed by atoms with Gasteiger partial charge < -0.3 is 10.8 Å². The Morgan fingerprint density at radius 1 is 1.50 bits per heavy atom. The SMILES string of the molecule is NCc1cncc(O)c1C(F)F. The van der Waals surface area contributed by atoms with Gasteiger partial charge >= 0.3 is 0 Å². The molecule has 0 aromatic carbocycles. The van der Waals surface area contributed by atoms with E-state index in [2.05, 4.69) is 4.98 Å². The molecule has 3 nitrogen and oxygen atoms in total. The van der Waals surface area contributed by atoms with Crippen LogP contribution in [0.5, 0.6) is 5.75 Å². The zero-order valence-electron chi connectivity index (χ0n) is 6.17. The number of pyridine rings is 1. The van der Waals surface area contributed by atoms with Crippen molar-refractivity contribution in [3.05, 3.63) is 23.5 Å². The monoisotopic (exact) mass is 174 g/mol. The molecule has 1 heterocycles. The number of aromatic hydroxyl groups is 1. The third-order valence-electron chi connectivity index (χ3n) is 1.49. The zero-order chi connectivity index (χ0) is 9.14. The van der Waals surface area contributed by atoms with E-state index in [0.29, 0.717) is 0 Å². The minimum absolute atomic E-state index is 0.0545. The van der Waals surface area contributed by atoms with E-state index < -0.39 is 17.7 Å². The van der Waals surface area contributed by atoms with E-state index in [4.69, 9.17) is 10.8 Å². The molecule has 1 aromatic rings. The maximum atomic E-state index is 12.2. The van der Waals surface area contributed by atoms with Crippen LogP contribution in [0.4, 0.5) is 8.78 Å². The largest absolute Gasteiger partial charge is 0.506 e. The topological polar surface area (TPSA) is 59.1 Å². The lowest BCUT2D eigenvalue weighted by molar-refractivity contribution is 0.146. The average Bonchev–Trinajstić information content (AvgIpc) is 2.03. The summed E-state index contributed by atoms with van der Waals surface area (Å²) >= 11 is 0. The Morgan fingerprint density at radius 2 is 2.17 bits per heavy atom. The predicted molar refractivity (Wildman–Crippen MR) is 38.8 cm³/mol. The molecule has 0 unspecified atom stereocenters. The number of hydrogen-bond acceptors (Lipinski definition) is 3. The van der Waals surface area contributed by atoms with Crippen LogP contribution >= 0.6 is 0 Å². The van der Waals surface area contributed by atoms with Gasteiger partial charge in [-0.25, -0.2) is 8.78 Å². The van der Waals surface area contributed by atoms with Crippen molar-refractivity contribution in [2.75, 3.05) is 0 Å². The van der Waals surface area contributed by atoms with Crippen LogP contribution in [0.3, 0.4) is 0 Å². The van der Waals surface area contributed by atoms with Crippen molar-refractivity contribution < 1.29 is 13.9 Å². The first-order valence-electron chi connectivity index (χ1n) is 3.30. The lowest BCUT2D eigenvalue weighted by atomic mass is 10.1. The van der Waals surface area contributed by atoms with Crippen LogP contribution in [-0.2, 0) is 6.54 Å². The second-order valence-corrected chi connectivity index (χ2v) is 2.24. The van der Waals surface area contributed by atoms with Gasteiger partial charge in [-0.15, -0.1) is 0 Å². The normalized spacial score (nSPS) is 10.7. The summed E-state index contributed by atoms with van der Waals surface area (Å²) < 4.78 is 24.5. The first kappa shape index (κ1) is 8.86. The summed E-state index contributed by atoms with van der Waals surface area (Å²) in [4.78, 5) is 3.53. The van der Waals surface area contributed by atoms with Crippen molar-refractivity contribution in [2.24, 2.45) is 5.73 Å². The van der Waals surface area contributed by atoms with Gasteiger partial charge in [0.05, 0.1) is 11.8 Å². The van der Waals surface area contributed by atoms with Crippen molar-refractivity contribution in [2.45, 2.75) is 13.0 Å². The maximum Gasteiger partial charge on any atom is 0.267 e. The second-order valence-electron chi connectivity index (χ2n) is 2.24. The molecule has 0 aliphatic heterocycles. The molecular weight excluding hydrogens is 166 g/mol. The Hall–Kier alpha value is -1.23. The second kappa shape index (κ2) is 3.44. The number of alkyl halides is 2. The molecule has 66 valence electrons. The molecule has 3 N–H and O–H groups in total. The van der Waals surface area contributed by atoms with Crippen LogP contribution in [0.25, 0.3) is 0 Å². The van der Waals surface area contributed by atoms with Gasteiger partial charge in [0.15, 0.2) is 0 Å². The summed E-state index contributed by atoms with van der Waals surface area (Å²) in [5.74, 6) is -0.507. The van der Waals surface area contributed by atoms with Gasteiger partial charge in [-0.05, 0) is 5.56 Å². The number of nitrogens with two attached hydrogens (primary N) is 1. The van der Waals surface area contributed by atoms with Crippen molar-refractivity contribution in [1.82, 2.24) is 4.98 Å². The summed E-state index contributed by atoms with van der Waals surface area (Å²) in [6.07, 6.45) is -0.520. The van der Waals surface area contributed by atoms with E-state index in [9.17, 15) is 8.78 Å². The Morgan fingerprint density at radius 3 is 2.58 bits per heavy atom. The molecule has 0 saturated heterocycles. The highest BCUT2D eigenvalue weighted by molar-refractivity contribution is 5.36. The summed E-state index contributed by atoms with van der Waals surface area (Å²) in [7, 11) is 0. The Kier molecular flexibility index (Phi) is 2.54. The molecule has 1 rings (SSSR count). The number of halogens is 2. The van der Waals surface area contributed by atoms with Crippen molar-refractivity contribution >= 4 is 0 Å². The first-order valence-corrected chi connectivity index (χ1v) is 3.30. The van der Waals surface area contributed by atoms with Gasteiger partial charge in [0.1, 0.15) is 5.75 Å². The Balaban J connectivity index is 3.20. The minimum Gasteiger partial charge on any atom is -0.506 e. The highest BCUT2D eigenvalue weighted by Gasteiger charge is 2.16. The molecule has 0 radical (unpaired) electrons. The smallest absolute Gasteiger partial charge is 0.267 e. The van der Waals surface area contributed by atoms with Crippen molar-refractivity contribution in [3.8, 4) is 5.75 Å². The summed E-state index contributed by atoms with van der Waals surface area (Å²) in [5.41, 5.74) is 4.92. The van der Waals surface area contributed by atoms with Crippen LogP contribution in [0.1, 0.15) is 17.6 Å².